The van der Waals surface area contributed by atoms with Gasteiger partial charge in [-0.15, -0.1) is 0 Å². The number of ether oxygens (including phenoxy) is 1. The molecule has 0 radical (unpaired) electrons. The molecule has 0 heterocycles. The number of benzene rings is 1. The Kier molecular flexibility index (Phi) is 6.57. The summed E-state index contributed by atoms with van der Waals surface area (Å²) in [6, 6.07) is 7.09. The van der Waals surface area contributed by atoms with Crippen molar-refractivity contribution >= 4 is 12.3 Å². The summed E-state index contributed by atoms with van der Waals surface area (Å²) >= 11 is 0. The van der Waals surface area contributed by atoms with Gasteiger partial charge in [0.15, 0.2) is 6.29 Å². The van der Waals surface area contributed by atoms with E-state index in [0.717, 1.165) is 6.29 Å². The number of carboxylic acid groups (broad SMARTS) is 1. The van der Waals surface area contributed by atoms with Gasteiger partial charge in [-0.25, -0.2) is 0 Å². The number of aldehydes is 1. The van der Waals surface area contributed by atoms with Crippen LogP contribution in [0.4, 0.5) is 0 Å². The molecule has 0 bridgehead atoms. The highest BCUT2D eigenvalue weighted by Gasteiger charge is 1.96. The summed E-state index contributed by atoms with van der Waals surface area (Å²) < 4.78 is 4.90. The first-order chi connectivity index (χ1) is 7.15. The molecule has 0 spiro atoms. The summed E-state index contributed by atoms with van der Waals surface area (Å²) in [5, 5.41) is 7.60. The summed E-state index contributed by atoms with van der Waals surface area (Å²) in [6.07, 6.45) is 0.777. The Morgan fingerprint density at radius 2 is 2.07 bits per heavy atom. The molecule has 0 aliphatic carbocycles. The van der Waals surface area contributed by atoms with Crippen LogP contribution in [0.3, 0.4) is 0 Å². The average molecular weight is 211 g/mol. The molecule has 0 unspecified atom stereocenters. The second kappa shape index (κ2) is 7.52. The molecule has 82 valence electrons. The lowest BCUT2D eigenvalue weighted by Gasteiger charge is -1.99. The molecule has 15 heavy (non-hydrogen) atoms. The van der Waals surface area contributed by atoms with E-state index in [4.69, 9.17) is 9.84 Å². The summed E-state index contributed by atoms with van der Waals surface area (Å²) in [5.41, 5.74) is 5.16. The highest BCUT2D eigenvalue weighted by Crippen LogP contribution is 2.13. The maximum Gasteiger partial charge on any atom is 0.317 e. The third-order valence-corrected chi connectivity index (χ3v) is 1.44. The number of carbonyl (C=O) groups excluding carboxylic acids is 1. The summed E-state index contributed by atoms with van der Waals surface area (Å²) in [6.45, 7) is -0.278. The SMILES string of the molecule is COc1ccccc1C=O.NCC(=O)O. The quantitative estimate of drug-likeness (QED) is 0.712. The zero-order valence-corrected chi connectivity index (χ0v) is 8.34. The molecular formula is C10H13NO4. The zero-order chi connectivity index (χ0) is 11.7. The lowest BCUT2D eigenvalue weighted by Crippen LogP contribution is -2.10. The van der Waals surface area contributed by atoms with Crippen molar-refractivity contribution < 1.29 is 19.4 Å². The fraction of sp³-hybridized carbons (Fsp3) is 0.200. The molecule has 0 saturated carbocycles. The normalized spacial score (nSPS) is 8.40. The van der Waals surface area contributed by atoms with Gasteiger partial charge in [-0.3, -0.25) is 9.59 Å². The van der Waals surface area contributed by atoms with Gasteiger partial charge >= 0.3 is 5.97 Å². The zero-order valence-electron chi connectivity index (χ0n) is 8.34. The van der Waals surface area contributed by atoms with Crippen LogP contribution in [0.25, 0.3) is 0 Å². The minimum absolute atomic E-state index is 0.278. The van der Waals surface area contributed by atoms with Gasteiger partial charge < -0.3 is 15.6 Å². The van der Waals surface area contributed by atoms with Crippen molar-refractivity contribution in [2.75, 3.05) is 13.7 Å². The smallest absolute Gasteiger partial charge is 0.317 e. The van der Waals surface area contributed by atoms with Crippen LogP contribution in [0.1, 0.15) is 10.4 Å². The van der Waals surface area contributed by atoms with Crippen molar-refractivity contribution in [3.63, 3.8) is 0 Å². The maximum atomic E-state index is 10.3. The molecule has 0 aliphatic heterocycles. The van der Waals surface area contributed by atoms with Gasteiger partial charge in [-0.1, -0.05) is 12.1 Å². The Morgan fingerprint density at radius 1 is 1.53 bits per heavy atom. The highest BCUT2D eigenvalue weighted by atomic mass is 16.5. The largest absolute Gasteiger partial charge is 0.496 e. The number of hydrogen-bond acceptors (Lipinski definition) is 4. The second-order valence-corrected chi connectivity index (χ2v) is 2.46. The molecule has 5 nitrogen and oxygen atoms in total. The fourth-order valence-corrected chi connectivity index (χ4v) is 0.764. The van der Waals surface area contributed by atoms with E-state index in [0.29, 0.717) is 11.3 Å². The molecule has 0 aromatic heterocycles. The predicted molar refractivity (Wildman–Crippen MR) is 55.1 cm³/mol. The number of carboxylic acids is 1. The van der Waals surface area contributed by atoms with Crippen LogP contribution in [0.15, 0.2) is 24.3 Å². The van der Waals surface area contributed by atoms with Crippen LogP contribution in [-0.4, -0.2) is 31.0 Å². The van der Waals surface area contributed by atoms with E-state index in [1.807, 2.05) is 6.07 Å². The standard InChI is InChI=1S/C8H8O2.C2H5NO2/c1-10-8-5-3-2-4-7(8)6-9;3-1-2(4)5/h2-6H,1H3;1,3H2,(H,4,5). The summed E-state index contributed by atoms with van der Waals surface area (Å²) in [7, 11) is 1.54. The van der Waals surface area contributed by atoms with Crippen LogP contribution < -0.4 is 10.5 Å². The minimum Gasteiger partial charge on any atom is -0.496 e. The highest BCUT2D eigenvalue weighted by molar-refractivity contribution is 5.79. The molecule has 3 N–H and O–H groups in total. The van der Waals surface area contributed by atoms with Crippen molar-refractivity contribution in [2.24, 2.45) is 5.73 Å². The van der Waals surface area contributed by atoms with Crippen LogP contribution in [-0.2, 0) is 4.79 Å². The van der Waals surface area contributed by atoms with E-state index in [1.54, 1.807) is 25.3 Å². The molecule has 1 rings (SSSR count). The van der Waals surface area contributed by atoms with E-state index >= 15 is 0 Å². The maximum absolute atomic E-state index is 10.3. The van der Waals surface area contributed by atoms with Crippen molar-refractivity contribution in [1.82, 2.24) is 0 Å². The first-order valence-corrected chi connectivity index (χ1v) is 4.15. The number of aliphatic carboxylic acids is 1. The molecule has 1 aromatic carbocycles. The Balaban J connectivity index is 0.000000336. The molecule has 0 aliphatic rings. The van der Waals surface area contributed by atoms with E-state index < -0.39 is 5.97 Å². The molecule has 0 amide bonds. The molecule has 5 heteroatoms. The first-order valence-electron chi connectivity index (χ1n) is 4.15. The topological polar surface area (TPSA) is 89.6 Å². The van der Waals surface area contributed by atoms with Crippen LogP contribution >= 0.6 is 0 Å². The van der Waals surface area contributed by atoms with E-state index in [-0.39, 0.29) is 6.54 Å². The fourth-order valence-electron chi connectivity index (χ4n) is 0.764. The number of nitrogens with two attached hydrogens (primary N) is 1. The van der Waals surface area contributed by atoms with Crippen molar-refractivity contribution in [3.8, 4) is 5.75 Å². The molecule has 0 fully saturated rings. The van der Waals surface area contributed by atoms with Crippen LogP contribution in [0, 0.1) is 0 Å². The third kappa shape index (κ3) is 5.43. The number of methoxy groups -OCH3 is 1. The van der Waals surface area contributed by atoms with E-state index in [9.17, 15) is 9.59 Å². The predicted octanol–water partition coefficient (Wildman–Crippen LogP) is 0.537. The first kappa shape index (κ1) is 13.1. The lowest BCUT2D eigenvalue weighted by atomic mass is 10.2. The van der Waals surface area contributed by atoms with E-state index in [2.05, 4.69) is 5.73 Å². The number of para-hydroxylation sites is 1. The van der Waals surface area contributed by atoms with Crippen molar-refractivity contribution in [2.45, 2.75) is 0 Å². The van der Waals surface area contributed by atoms with Crippen LogP contribution in [0.5, 0.6) is 5.75 Å². The second-order valence-electron chi connectivity index (χ2n) is 2.46. The monoisotopic (exact) mass is 211 g/mol. The van der Waals surface area contributed by atoms with Gasteiger partial charge in [-0.2, -0.15) is 0 Å². The van der Waals surface area contributed by atoms with Gasteiger partial charge in [0.1, 0.15) is 5.75 Å². The molecule has 0 saturated heterocycles. The average Bonchev–Trinajstić information content (AvgIpc) is 2.29. The Hall–Kier alpha value is -1.88. The number of rotatable bonds is 3. The van der Waals surface area contributed by atoms with Crippen LogP contribution in [0.2, 0.25) is 0 Å². The lowest BCUT2D eigenvalue weighted by molar-refractivity contribution is -0.135. The van der Waals surface area contributed by atoms with Crippen molar-refractivity contribution in [3.05, 3.63) is 29.8 Å². The van der Waals surface area contributed by atoms with Gasteiger partial charge in [-0.05, 0) is 12.1 Å². The Morgan fingerprint density at radius 3 is 2.40 bits per heavy atom. The Bertz CT molecular complexity index is 325. The van der Waals surface area contributed by atoms with Gasteiger partial charge in [0.05, 0.1) is 19.2 Å². The Labute approximate surface area is 87.5 Å². The van der Waals surface area contributed by atoms with Gasteiger partial charge in [0.25, 0.3) is 0 Å². The van der Waals surface area contributed by atoms with Gasteiger partial charge in [0.2, 0.25) is 0 Å². The molecular weight excluding hydrogens is 198 g/mol. The number of carbonyl (C=O) groups is 2. The number of hydrogen-bond donors (Lipinski definition) is 2. The molecule has 0 atom stereocenters. The van der Waals surface area contributed by atoms with Crippen molar-refractivity contribution in [1.29, 1.82) is 0 Å². The van der Waals surface area contributed by atoms with E-state index in [1.165, 1.54) is 0 Å². The van der Waals surface area contributed by atoms with Gasteiger partial charge in [0, 0.05) is 0 Å². The summed E-state index contributed by atoms with van der Waals surface area (Å²) in [5.74, 6) is -0.345. The summed E-state index contributed by atoms with van der Waals surface area (Å²) in [4.78, 5) is 19.5. The minimum atomic E-state index is -0.968. The molecule has 1 aromatic rings. The third-order valence-electron chi connectivity index (χ3n) is 1.44.